The third-order valence-corrected chi connectivity index (χ3v) is 5.09. The molecule has 0 bridgehead atoms. The molecule has 1 saturated heterocycles. The molecule has 114 valence electrons. The third-order valence-electron chi connectivity index (χ3n) is 3.83. The van der Waals surface area contributed by atoms with Crippen LogP contribution in [0.3, 0.4) is 0 Å². The zero-order valence-electron chi connectivity index (χ0n) is 12.3. The number of hydrogen-bond donors (Lipinski definition) is 0. The Hall–Kier alpha value is -1.77. The van der Waals surface area contributed by atoms with Crippen LogP contribution in [0, 0.1) is 11.3 Å². The first-order chi connectivity index (χ1) is 10.7. The van der Waals surface area contributed by atoms with Gasteiger partial charge in [-0.15, -0.1) is 0 Å². The molecule has 22 heavy (non-hydrogen) atoms. The lowest BCUT2D eigenvalue weighted by atomic mass is 10.0. The van der Waals surface area contributed by atoms with Crippen LogP contribution in [-0.4, -0.2) is 17.5 Å². The average Bonchev–Trinajstić information content (AvgIpc) is 3.14. The summed E-state index contributed by atoms with van der Waals surface area (Å²) in [7, 11) is 0. The molecule has 1 aromatic heterocycles. The Morgan fingerprint density at radius 3 is 2.91 bits per heavy atom. The Morgan fingerprint density at radius 1 is 1.45 bits per heavy atom. The van der Waals surface area contributed by atoms with Crippen molar-refractivity contribution in [1.29, 1.82) is 5.26 Å². The second-order valence-corrected chi connectivity index (χ2v) is 6.23. The third kappa shape index (κ3) is 2.77. The van der Waals surface area contributed by atoms with E-state index in [1.165, 1.54) is 17.1 Å². The number of aromatic nitrogens is 1. The van der Waals surface area contributed by atoms with Crippen molar-refractivity contribution in [1.82, 2.24) is 4.37 Å². The highest BCUT2D eigenvalue weighted by Gasteiger charge is 2.30. The molecule has 0 saturated carbocycles. The molecule has 1 aromatic carbocycles. The maximum atomic E-state index is 9.29. The number of nitrogens with zero attached hydrogens (tertiary/aromatic N) is 3. The van der Waals surface area contributed by atoms with Gasteiger partial charge in [-0.25, -0.2) is 0 Å². The molecule has 3 rings (SSSR count). The highest BCUT2D eigenvalue weighted by molar-refractivity contribution is 7.10. The summed E-state index contributed by atoms with van der Waals surface area (Å²) in [6, 6.07) is 10.6. The van der Waals surface area contributed by atoms with E-state index in [1.807, 2.05) is 19.1 Å². The predicted octanol–water partition coefficient (Wildman–Crippen LogP) is 4.41. The number of halogens is 1. The molecule has 0 radical (unpaired) electrons. The molecule has 1 atom stereocenters. The minimum absolute atomic E-state index is 0.263. The second kappa shape index (κ2) is 6.55. The molecule has 1 fully saturated rings. The van der Waals surface area contributed by atoms with Crippen molar-refractivity contribution in [3.63, 3.8) is 0 Å². The Balaban J connectivity index is 1.88. The van der Waals surface area contributed by atoms with Gasteiger partial charge >= 0.3 is 0 Å². The van der Waals surface area contributed by atoms with Crippen molar-refractivity contribution >= 4 is 28.1 Å². The summed E-state index contributed by atoms with van der Waals surface area (Å²) < 4.78 is 9.61. The monoisotopic (exact) mass is 333 g/mol. The smallest absolute Gasteiger partial charge is 0.162 e. The fourth-order valence-corrected chi connectivity index (χ4v) is 3.97. The molecule has 0 N–H and O–H groups in total. The van der Waals surface area contributed by atoms with Gasteiger partial charge in [-0.05, 0) is 49.0 Å². The predicted molar refractivity (Wildman–Crippen MR) is 88.8 cm³/mol. The van der Waals surface area contributed by atoms with E-state index in [-0.39, 0.29) is 6.04 Å². The number of hydrogen-bond acceptors (Lipinski definition) is 5. The minimum Gasteiger partial charge on any atom is -0.494 e. The van der Waals surface area contributed by atoms with E-state index in [1.54, 1.807) is 0 Å². The molecule has 2 heterocycles. The summed E-state index contributed by atoms with van der Waals surface area (Å²) in [6.45, 7) is 3.56. The van der Waals surface area contributed by atoms with E-state index < -0.39 is 0 Å². The molecule has 1 unspecified atom stereocenters. The fraction of sp³-hybridized carbons (Fsp3) is 0.375. The summed E-state index contributed by atoms with van der Waals surface area (Å²) in [5.74, 6) is 0.884. The van der Waals surface area contributed by atoms with E-state index in [4.69, 9.17) is 16.3 Å². The number of anilines is 1. The lowest BCUT2D eigenvalue weighted by Crippen LogP contribution is -2.22. The van der Waals surface area contributed by atoms with Crippen molar-refractivity contribution in [2.24, 2.45) is 0 Å². The second-order valence-electron chi connectivity index (χ2n) is 5.12. The average molecular weight is 334 g/mol. The van der Waals surface area contributed by atoms with E-state index in [2.05, 4.69) is 27.5 Å². The van der Waals surface area contributed by atoms with Crippen LogP contribution in [0.2, 0.25) is 5.15 Å². The first-order valence-electron chi connectivity index (χ1n) is 7.29. The molecule has 0 aliphatic carbocycles. The van der Waals surface area contributed by atoms with Gasteiger partial charge in [0.25, 0.3) is 0 Å². The van der Waals surface area contributed by atoms with E-state index in [0.717, 1.165) is 30.1 Å². The van der Waals surface area contributed by atoms with E-state index in [0.29, 0.717) is 17.3 Å². The van der Waals surface area contributed by atoms with Gasteiger partial charge in [-0.1, -0.05) is 23.7 Å². The van der Waals surface area contributed by atoms with Crippen molar-refractivity contribution in [3.8, 4) is 11.8 Å². The van der Waals surface area contributed by atoms with Gasteiger partial charge in [-0.2, -0.15) is 9.64 Å². The van der Waals surface area contributed by atoms with Gasteiger partial charge in [0.1, 0.15) is 22.4 Å². The fourth-order valence-electron chi connectivity index (χ4n) is 2.86. The van der Waals surface area contributed by atoms with Crippen molar-refractivity contribution < 1.29 is 4.74 Å². The number of benzene rings is 1. The normalized spacial score (nSPS) is 17.5. The SMILES string of the molecule is CCOc1ccc(C2CCCN2c2snc(Cl)c2C#N)cc1. The molecule has 2 aromatic rings. The number of ether oxygens (including phenoxy) is 1. The Labute approximate surface area is 139 Å². The zero-order chi connectivity index (χ0) is 15.5. The lowest BCUT2D eigenvalue weighted by molar-refractivity contribution is 0.340. The topological polar surface area (TPSA) is 49.1 Å². The van der Waals surface area contributed by atoms with Gasteiger partial charge in [0.05, 0.1) is 12.6 Å². The summed E-state index contributed by atoms with van der Waals surface area (Å²) in [5.41, 5.74) is 1.72. The first kappa shape index (κ1) is 15.1. The molecule has 1 aliphatic rings. The molecular formula is C16H16ClN3OS. The Kier molecular flexibility index (Phi) is 4.51. The summed E-state index contributed by atoms with van der Waals surface area (Å²) in [5, 5.41) is 10.5. The first-order valence-corrected chi connectivity index (χ1v) is 8.44. The van der Waals surface area contributed by atoms with Crippen LogP contribution >= 0.6 is 23.1 Å². The van der Waals surface area contributed by atoms with Gasteiger partial charge in [0, 0.05) is 6.54 Å². The van der Waals surface area contributed by atoms with Gasteiger partial charge in [-0.3, -0.25) is 0 Å². The maximum absolute atomic E-state index is 9.29. The number of rotatable bonds is 4. The zero-order valence-corrected chi connectivity index (χ0v) is 13.8. The van der Waals surface area contributed by atoms with E-state index in [9.17, 15) is 5.26 Å². The van der Waals surface area contributed by atoms with Crippen molar-refractivity contribution in [2.45, 2.75) is 25.8 Å². The Morgan fingerprint density at radius 2 is 2.23 bits per heavy atom. The standard InChI is InChI=1S/C16H16ClN3OS/c1-2-21-12-7-5-11(6-8-12)14-4-3-9-20(14)16-13(10-18)15(17)19-22-16/h5-8,14H,2-4,9H2,1H3. The van der Waals surface area contributed by atoms with E-state index >= 15 is 0 Å². The summed E-state index contributed by atoms with van der Waals surface area (Å²) in [6.07, 6.45) is 2.16. The van der Waals surface area contributed by atoms with Crippen LogP contribution in [0.25, 0.3) is 0 Å². The highest BCUT2D eigenvalue weighted by atomic mass is 35.5. The molecule has 1 aliphatic heterocycles. The number of nitriles is 1. The maximum Gasteiger partial charge on any atom is 0.162 e. The largest absolute Gasteiger partial charge is 0.494 e. The minimum atomic E-state index is 0.263. The van der Waals surface area contributed by atoms with Gasteiger partial charge < -0.3 is 9.64 Å². The molecule has 4 nitrogen and oxygen atoms in total. The highest BCUT2D eigenvalue weighted by Crippen LogP contribution is 2.41. The summed E-state index contributed by atoms with van der Waals surface area (Å²) >= 11 is 7.31. The molecule has 0 spiro atoms. The van der Waals surface area contributed by atoms with Crippen LogP contribution in [0.4, 0.5) is 5.00 Å². The van der Waals surface area contributed by atoms with Crippen molar-refractivity contribution in [2.75, 3.05) is 18.1 Å². The van der Waals surface area contributed by atoms with Crippen LogP contribution < -0.4 is 9.64 Å². The Bertz CT molecular complexity index is 692. The van der Waals surface area contributed by atoms with Crippen LogP contribution in [-0.2, 0) is 0 Å². The van der Waals surface area contributed by atoms with Gasteiger partial charge in [0.15, 0.2) is 5.15 Å². The van der Waals surface area contributed by atoms with Crippen LogP contribution in [0.15, 0.2) is 24.3 Å². The lowest BCUT2D eigenvalue weighted by Gasteiger charge is -2.25. The molecule has 0 amide bonds. The quantitative estimate of drug-likeness (QED) is 0.831. The van der Waals surface area contributed by atoms with Crippen LogP contribution in [0.5, 0.6) is 5.75 Å². The molecular weight excluding hydrogens is 318 g/mol. The summed E-state index contributed by atoms with van der Waals surface area (Å²) in [4.78, 5) is 2.25. The molecule has 6 heteroatoms. The van der Waals surface area contributed by atoms with Crippen LogP contribution in [0.1, 0.15) is 36.9 Å². The van der Waals surface area contributed by atoms with Gasteiger partial charge in [0.2, 0.25) is 0 Å². The van der Waals surface area contributed by atoms with Crippen molar-refractivity contribution in [3.05, 3.63) is 40.5 Å².